The molecule has 0 saturated carbocycles. The lowest BCUT2D eigenvalue weighted by Gasteiger charge is -2.42. The van der Waals surface area contributed by atoms with Crippen LogP contribution in [0.3, 0.4) is 0 Å². The minimum atomic E-state index is -1.78. The predicted octanol–water partition coefficient (Wildman–Crippen LogP) is 3.90. The third-order valence-electron chi connectivity index (χ3n) is 11.7. The molecule has 2 aliphatic heterocycles. The van der Waals surface area contributed by atoms with Gasteiger partial charge in [0.25, 0.3) is 0 Å². The van der Waals surface area contributed by atoms with Gasteiger partial charge in [-0.25, -0.2) is 4.79 Å². The fourth-order valence-electron chi connectivity index (χ4n) is 8.39. The number of phenols is 1. The van der Waals surface area contributed by atoms with E-state index in [-0.39, 0.29) is 69.2 Å². The van der Waals surface area contributed by atoms with Crippen LogP contribution in [-0.2, 0) is 46.4 Å². The molecular formula is C43H68N2O13. The average Bonchev–Trinajstić information content (AvgIpc) is 3.55. The number of rotatable bonds is 13. The summed E-state index contributed by atoms with van der Waals surface area (Å²) in [6, 6.07) is -0.488. The number of nitrogens with zero attached hydrogens (tertiary/aromatic N) is 1. The number of esters is 4. The number of nitrogens with one attached hydrogen (secondary N) is 1. The summed E-state index contributed by atoms with van der Waals surface area (Å²) in [4.78, 5) is 53.3. The van der Waals surface area contributed by atoms with Gasteiger partial charge in [0.1, 0.15) is 54.2 Å². The Kier molecular flexibility index (Phi) is 17.6. The molecule has 1 aromatic rings. The molecule has 5 N–H and O–H groups in total. The fraction of sp³-hybridized carbons (Fsp3) is 0.721. The number of aliphatic hydroxyl groups excluding tert-OH is 1. The number of benzene rings is 1. The SMILES string of the molecule is CC[C@H]1OC(=O)[C@H](C)[C@@H](OC(=O)CNCCOC(=O)CCC(C)=CCc2c(O)c3c(c(C)c2OC)COC3=O)[C@H](C)C[C@](C)(O)C[C@@H](C)CN(C)[C@H](C)[C@@H](O)[C@]1(C)O. The number of methoxy groups -OCH3 is 1. The smallest absolute Gasteiger partial charge is 0.342 e. The van der Waals surface area contributed by atoms with Gasteiger partial charge in [-0.1, -0.05) is 32.4 Å². The highest BCUT2D eigenvalue weighted by Crippen LogP contribution is 2.42. The highest BCUT2D eigenvalue weighted by molar-refractivity contribution is 5.98. The highest BCUT2D eigenvalue weighted by atomic mass is 16.6. The number of carbonyl (C=O) groups excluding carboxylic acids is 4. The van der Waals surface area contributed by atoms with Crippen LogP contribution in [0.5, 0.6) is 11.5 Å². The van der Waals surface area contributed by atoms with Crippen molar-refractivity contribution in [3.8, 4) is 11.5 Å². The molecule has 2 heterocycles. The Morgan fingerprint density at radius 1 is 1.07 bits per heavy atom. The molecule has 1 aromatic carbocycles. The zero-order valence-electron chi connectivity index (χ0n) is 36.3. The van der Waals surface area contributed by atoms with Crippen molar-refractivity contribution in [2.24, 2.45) is 17.8 Å². The van der Waals surface area contributed by atoms with E-state index in [1.807, 2.05) is 38.8 Å². The maximum absolute atomic E-state index is 13.6. The van der Waals surface area contributed by atoms with Gasteiger partial charge in [0.05, 0.1) is 25.2 Å². The van der Waals surface area contributed by atoms with Crippen molar-refractivity contribution >= 4 is 23.9 Å². The number of phenolic OH excluding ortho intramolecular Hbond substituents is 1. The van der Waals surface area contributed by atoms with E-state index in [9.17, 15) is 39.6 Å². The first-order chi connectivity index (χ1) is 27.1. The normalized spacial score (nSPS) is 30.4. The maximum atomic E-state index is 13.6. The summed E-state index contributed by atoms with van der Waals surface area (Å²) in [6.45, 7) is 16.3. The number of ether oxygens (including phenoxy) is 5. The topological polar surface area (TPSA) is 211 Å². The highest BCUT2D eigenvalue weighted by Gasteiger charge is 2.46. The molecule has 0 amide bonds. The third kappa shape index (κ3) is 12.4. The first-order valence-electron chi connectivity index (χ1n) is 20.4. The Balaban J connectivity index is 1.56. The number of allylic oxidation sites excluding steroid dienone is 2. The van der Waals surface area contributed by atoms with E-state index >= 15 is 0 Å². The lowest BCUT2D eigenvalue weighted by molar-refractivity contribution is -0.194. The van der Waals surface area contributed by atoms with Crippen molar-refractivity contribution < 1.29 is 63.3 Å². The number of carbonyl (C=O) groups is 4. The molecule has 0 bridgehead atoms. The lowest BCUT2D eigenvalue weighted by Crippen LogP contribution is -2.59. The lowest BCUT2D eigenvalue weighted by atomic mass is 9.80. The van der Waals surface area contributed by atoms with Crippen molar-refractivity contribution in [1.82, 2.24) is 10.2 Å². The van der Waals surface area contributed by atoms with Gasteiger partial charge in [-0.15, -0.1) is 0 Å². The monoisotopic (exact) mass is 820 g/mol. The van der Waals surface area contributed by atoms with Gasteiger partial charge in [-0.2, -0.15) is 0 Å². The van der Waals surface area contributed by atoms with Gasteiger partial charge in [0.2, 0.25) is 0 Å². The van der Waals surface area contributed by atoms with E-state index in [4.69, 9.17) is 23.7 Å². The predicted molar refractivity (Wildman–Crippen MR) is 215 cm³/mol. The van der Waals surface area contributed by atoms with Gasteiger partial charge in [-0.3, -0.25) is 14.4 Å². The van der Waals surface area contributed by atoms with E-state index in [1.165, 1.54) is 14.0 Å². The van der Waals surface area contributed by atoms with E-state index in [2.05, 4.69) is 5.32 Å². The summed E-state index contributed by atoms with van der Waals surface area (Å²) in [7, 11) is 3.34. The second-order valence-corrected chi connectivity index (χ2v) is 17.0. The van der Waals surface area contributed by atoms with Crippen molar-refractivity contribution in [1.29, 1.82) is 0 Å². The molecule has 0 unspecified atom stereocenters. The van der Waals surface area contributed by atoms with Crippen molar-refractivity contribution in [2.75, 3.05) is 40.4 Å². The van der Waals surface area contributed by atoms with Crippen LogP contribution in [0, 0.1) is 24.7 Å². The molecule has 3 rings (SSSR count). The average molecular weight is 821 g/mol. The molecule has 328 valence electrons. The Morgan fingerprint density at radius 3 is 2.38 bits per heavy atom. The summed E-state index contributed by atoms with van der Waals surface area (Å²) in [5.74, 6) is -3.50. The van der Waals surface area contributed by atoms with Gasteiger partial charge < -0.3 is 54.3 Å². The molecule has 0 aromatic heterocycles. The van der Waals surface area contributed by atoms with Crippen LogP contribution in [-0.4, -0.2) is 125 Å². The van der Waals surface area contributed by atoms with Crippen LogP contribution >= 0.6 is 0 Å². The first kappa shape index (κ1) is 48.6. The molecular weight excluding hydrogens is 752 g/mol. The van der Waals surface area contributed by atoms with Crippen LogP contribution < -0.4 is 10.1 Å². The molecule has 1 saturated heterocycles. The quantitative estimate of drug-likeness (QED) is 0.0827. The second-order valence-electron chi connectivity index (χ2n) is 17.0. The zero-order valence-corrected chi connectivity index (χ0v) is 36.3. The Bertz CT molecular complexity index is 1640. The largest absolute Gasteiger partial charge is 0.507 e. The Hall–Kier alpha value is -3.76. The standard InChI is InChI=1S/C43H68N2O13/c1-12-32-43(9,53)39(49)29(7)45(10)22-25(3)19-42(8,52)20-26(4)37(28(6)40(50)57-32)58-34(47)21-44-17-18-55-33(46)16-14-24(2)13-15-30-36(48)35-31(23-56-41(35)51)27(5)38(30)54-11/h13,25-26,28-29,32,37,39,44,48-49,52-53H,12,14-23H2,1-11H3/t25-,26-,28-,29-,32-,37+,39-,42-,43-/m1/s1. The van der Waals surface area contributed by atoms with E-state index in [0.717, 1.165) is 11.1 Å². The second kappa shape index (κ2) is 21.0. The number of cyclic esters (lactones) is 2. The molecule has 15 nitrogen and oxygen atoms in total. The van der Waals surface area contributed by atoms with Crippen LogP contribution in [0.1, 0.15) is 115 Å². The fourth-order valence-corrected chi connectivity index (χ4v) is 8.39. The Morgan fingerprint density at radius 2 is 1.74 bits per heavy atom. The van der Waals surface area contributed by atoms with Crippen LogP contribution in [0.4, 0.5) is 0 Å². The maximum Gasteiger partial charge on any atom is 0.342 e. The Labute approximate surface area is 343 Å². The zero-order chi connectivity index (χ0) is 43.7. The summed E-state index contributed by atoms with van der Waals surface area (Å²) in [5, 5.41) is 47.9. The molecule has 0 aliphatic carbocycles. The number of fused-ring (bicyclic) bond motifs is 1. The van der Waals surface area contributed by atoms with Crippen LogP contribution in [0.2, 0.25) is 0 Å². The summed E-state index contributed by atoms with van der Waals surface area (Å²) < 4.78 is 27.7. The van der Waals surface area contributed by atoms with E-state index < -0.39 is 71.3 Å². The van der Waals surface area contributed by atoms with Gasteiger partial charge in [-0.05, 0) is 98.1 Å². The van der Waals surface area contributed by atoms with E-state index in [1.54, 1.807) is 34.6 Å². The van der Waals surface area contributed by atoms with Gasteiger partial charge in [0, 0.05) is 36.7 Å². The van der Waals surface area contributed by atoms with Crippen LogP contribution in [0.15, 0.2) is 11.6 Å². The molecule has 15 heteroatoms. The molecule has 9 atom stereocenters. The van der Waals surface area contributed by atoms with Crippen molar-refractivity contribution in [2.45, 2.75) is 143 Å². The molecule has 0 radical (unpaired) electrons. The molecule has 58 heavy (non-hydrogen) atoms. The number of hydrogen-bond donors (Lipinski definition) is 5. The summed E-state index contributed by atoms with van der Waals surface area (Å²) >= 11 is 0. The summed E-state index contributed by atoms with van der Waals surface area (Å²) in [5.41, 5.74) is -0.121. The molecule has 1 fully saturated rings. The third-order valence-corrected chi connectivity index (χ3v) is 11.7. The minimum absolute atomic E-state index is 0.00350. The first-order valence-corrected chi connectivity index (χ1v) is 20.4. The van der Waals surface area contributed by atoms with Gasteiger partial charge >= 0.3 is 23.9 Å². The van der Waals surface area contributed by atoms with Crippen molar-refractivity contribution in [3.63, 3.8) is 0 Å². The number of aromatic hydroxyl groups is 1. The van der Waals surface area contributed by atoms with Crippen molar-refractivity contribution in [3.05, 3.63) is 33.9 Å². The number of likely N-dealkylation sites (N-methyl/N-ethyl adjacent to an activating group) is 1. The summed E-state index contributed by atoms with van der Waals surface area (Å²) in [6.07, 6.45) is 0.199. The molecule has 2 aliphatic rings. The molecule has 0 spiro atoms. The minimum Gasteiger partial charge on any atom is -0.507 e. The van der Waals surface area contributed by atoms with Gasteiger partial charge in [0.15, 0.2) is 0 Å². The van der Waals surface area contributed by atoms with E-state index in [0.29, 0.717) is 36.3 Å². The number of aliphatic hydroxyl groups is 3. The number of hydrogen-bond acceptors (Lipinski definition) is 15. The van der Waals surface area contributed by atoms with Crippen LogP contribution in [0.25, 0.3) is 0 Å².